The number of unbranched alkanes of at least 4 members (excludes halogenated alkanes) is 2. The number of aromatic nitrogens is 2. The minimum absolute atomic E-state index is 0.108. The average Bonchev–Trinajstić information content (AvgIpc) is 3.31. The molecule has 0 saturated carbocycles. The molecule has 0 aliphatic rings. The fourth-order valence-corrected chi connectivity index (χ4v) is 4.23. The molecular formula is C26H32N4O3S. The number of amides is 2. The number of carbonyl (C=O) groups is 2. The molecule has 0 bridgehead atoms. The summed E-state index contributed by atoms with van der Waals surface area (Å²) in [7, 11) is 1.60. The summed E-state index contributed by atoms with van der Waals surface area (Å²) in [5, 5.41) is 15.0. The van der Waals surface area contributed by atoms with Crippen LogP contribution in [0.5, 0.6) is 5.75 Å². The number of aryl methyl sites for hydroxylation is 1. The van der Waals surface area contributed by atoms with E-state index >= 15 is 0 Å². The van der Waals surface area contributed by atoms with Crippen LogP contribution in [0.15, 0.2) is 48.5 Å². The van der Waals surface area contributed by atoms with E-state index in [1.807, 2.05) is 62.4 Å². The number of nitrogens with zero attached hydrogens (tertiary/aromatic N) is 2. The van der Waals surface area contributed by atoms with Gasteiger partial charge in [-0.3, -0.25) is 14.9 Å². The summed E-state index contributed by atoms with van der Waals surface area (Å²) in [4.78, 5) is 25.8. The topological polar surface area (TPSA) is 93.2 Å². The Bertz CT molecular complexity index is 1100. The molecule has 180 valence electrons. The molecule has 1 atom stereocenters. The molecule has 7 nitrogen and oxygen atoms in total. The number of benzene rings is 2. The van der Waals surface area contributed by atoms with E-state index in [4.69, 9.17) is 4.74 Å². The number of anilines is 1. The molecule has 8 heteroatoms. The molecule has 3 aromatic rings. The van der Waals surface area contributed by atoms with Gasteiger partial charge in [-0.1, -0.05) is 69.2 Å². The van der Waals surface area contributed by atoms with Gasteiger partial charge in [0.05, 0.1) is 7.11 Å². The van der Waals surface area contributed by atoms with E-state index in [-0.39, 0.29) is 17.7 Å². The first-order valence-electron chi connectivity index (χ1n) is 11.6. The first kappa shape index (κ1) is 25.4. The van der Waals surface area contributed by atoms with E-state index in [1.54, 1.807) is 7.11 Å². The second kappa shape index (κ2) is 12.3. The maximum atomic E-state index is 13.0. The number of ether oxygens (including phenoxy) is 1. The second-order valence-corrected chi connectivity index (χ2v) is 9.46. The molecule has 0 spiro atoms. The zero-order chi connectivity index (χ0) is 24.5. The van der Waals surface area contributed by atoms with E-state index in [0.29, 0.717) is 15.7 Å². The third-order valence-electron chi connectivity index (χ3n) is 5.49. The van der Waals surface area contributed by atoms with Crippen LogP contribution in [-0.4, -0.2) is 35.2 Å². The van der Waals surface area contributed by atoms with Crippen LogP contribution in [0.1, 0.15) is 56.0 Å². The highest BCUT2D eigenvalue weighted by Crippen LogP contribution is 2.29. The quantitative estimate of drug-likeness (QED) is 0.361. The summed E-state index contributed by atoms with van der Waals surface area (Å²) in [6.07, 6.45) is 4.52. The van der Waals surface area contributed by atoms with Crippen LogP contribution in [0.4, 0.5) is 5.13 Å². The maximum Gasteiger partial charge on any atom is 0.251 e. The van der Waals surface area contributed by atoms with E-state index in [0.717, 1.165) is 24.2 Å². The lowest BCUT2D eigenvalue weighted by molar-refractivity contribution is -0.118. The molecule has 0 aliphatic heterocycles. The van der Waals surface area contributed by atoms with Crippen LogP contribution in [0.25, 0.3) is 10.6 Å². The lowest BCUT2D eigenvalue weighted by Gasteiger charge is -2.21. The molecule has 0 unspecified atom stereocenters. The van der Waals surface area contributed by atoms with Gasteiger partial charge in [0.2, 0.25) is 11.0 Å². The monoisotopic (exact) mass is 480 g/mol. The molecule has 3 rings (SSSR count). The maximum absolute atomic E-state index is 13.0. The third-order valence-corrected chi connectivity index (χ3v) is 6.38. The largest absolute Gasteiger partial charge is 0.497 e. The van der Waals surface area contributed by atoms with Crippen molar-refractivity contribution in [2.24, 2.45) is 5.92 Å². The van der Waals surface area contributed by atoms with Crippen molar-refractivity contribution in [1.82, 2.24) is 15.5 Å². The lowest BCUT2D eigenvalue weighted by atomic mass is 10.0. The van der Waals surface area contributed by atoms with Crippen molar-refractivity contribution >= 4 is 28.3 Å². The van der Waals surface area contributed by atoms with Crippen molar-refractivity contribution in [2.45, 2.75) is 52.5 Å². The first-order valence-corrected chi connectivity index (χ1v) is 12.4. The van der Waals surface area contributed by atoms with Gasteiger partial charge in [-0.05, 0) is 48.6 Å². The minimum Gasteiger partial charge on any atom is -0.497 e. The van der Waals surface area contributed by atoms with Crippen molar-refractivity contribution in [3.8, 4) is 16.3 Å². The summed E-state index contributed by atoms with van der Waals surface area (Å²) in [5.74, 6) is 0.00840. The number of hydrogen-bond acceptors (Lipinski definition) is 6. The third kappa shape index (κ3) is 6.87. The van der Waals surface area contributed by atoms with E-state index in [9.17, 15) is 9.59 Å². The van der Waals surface area contributed by atoms with Gasteiger partial charge in [0.15, 0.2) is 0 Å². The van der Waals surface area contributed by atoms with Gasteiger partial charge < -0.3 is 10.1 Å². The van der Waals surface area contributed by atoms with Crippen LogP contribution in [-0.2, 0) is 11.2 Å². The molecule has 0 saturated heterocycles. The predicted octanol–water partition coefficient (Wildman–Crippen LogP) is 5.34. The second-order valence-electron chi connectivity index (χ2n) is 8.48. The van der Waals surface area contributed by atoms with E-state index < -0.39 is 6.04 Å². The van der Waals surface area contributed by atoms with Crippen LogP contribution in [0.3, 0.4) is 0 Å². The SMILES string of the molecule is CCCCCc1ccc(C(=O)N[C@H](C(=O)Nc2nnc(-c3cccc(OC)c3)s2)C(C)C)cc1. The standard InChI is InChI=1S/C26H32N4O3S/c1-5-6-7-9-18-12-14-19(15-13-18)23(31)27-22(17(2)3)24(32)28-26-30-29-25(34-26)20-10-8-11-21(16-20)33-4/h8,10-17,22H,5-7,9H2,1-4H3,(H,27,31)(H,28,30,32)/t22-/m0/s1. The molecule has 0 aliphatic carbocycles. The highest BCUT2D eigenvalue weighted by atomic mass is 32.1. The number of rotatable bonds is 11. The summed E-state index contributed by atoms with van der Waals surface area (Å²) in [6.45, 7) is 5.96. The first-order chi connectivity index (χ1) is 16.4. The number of nitrogens with one attached hydrogen (secondary N) is 2. The van der Waals surface area contributed by atoms with Gasteiger partial charge in [0.25, 0.3) is 5.91 Å². The number of methoxy groups -OCH3 is 1. The Morgan fingerprint density at radius 2 is 1.82 bits per heavy atom. The van der Waals surface area contributed by atoms with Crippen molar-refractivity contribution < 1.29 is 14.3 Å². The van der Waals surface area contributed by atoms with Gasteiger partial charge in [-0.25, -0.2) is 0 Å². The zero-order valence-electron chi connectivity index (χ0n) is 20.1. The summed E-state index contributed by atoms with van der Waals surface area (Å²) >= 11 is 1.27. The average molecular weight is 481 g/mol. The van der Waals surface area contributed by atoms with Crippen molar-refractivity contribution in [2.75, 3.05) is 12.4 Å². The zero-order valence-corrected chi connectivity index (χ0v) is 20.9. The van der Waals surface area contributed by atoms with Gasteiger partial charge in [-0.2, -0.15) is 0 Å². The Labute approximate surface area is 205 Å². The molecule has 2 amide bonds. The van der Waals surface area contributed by atoms with Crippen LogP contribution >= 0.6 is 11.3 Å². The Morgan fingerprint density at radius 3 is 2.50 bits per heavy atom. The molecule has 2 N–H and O–H groups in total. The van der Waals surface area contributed by atoms with Crippen LogP contribution in [0.2, 0.25) is 0 Å². The van der Waals surface area contributed by atoms with Crippen LogP contribution < -0.4 is 15.4 Å². The molecule has 0 radical (unpaired) electrons. The van der Waals surface area contributed by atoms with Gasteiger partial charge in [-0.15, -0.1) is 10.2 Å². The fourth-order valence-electron chi connectivity index (χ4n) is 3.49. The summed E-state index contributed by atoms with van der Waals surface area (Å²) in [6, 6.07) is 14.4. The van der Waals surface area contributed by atoms with E-state index in [1.165, 1.54) is 29.7 Å². The highest BCUT2D eigenvalue weighted by molar-refractivity contribution is 7.18. The molecule has 2 aromatic carbocycles. The lowest BCUT2D eigenvalue weighted by Crippen LogP contribution is -2.47. The van der Waals surface area contributed by atoms with Gasteiger partial charge in [0.1, 0.15) is 16.8 Å². The Balaban J connectivity index is 1.63. The number of carbonyl (C=O) groups excluding carboxylic acids is 2. The van der Waals surface area contributed by atoms with E-state index in [2.05, 4.69) is 27.8 Å². The Kier molecular flexibility index (Phi) is 9.16. The molecule has 1 heterocycles. The van der Waals surface area contributed by atoms with Crippen molar-refractivity contribution in [3.05, 3.63) is 59.7 Å². The molecule has 1 aromatic heterocycles. The van der Waals surface area contributed by atoms with Gasteiger partial charge in [0, 0.05) is 11.1 Å². The van der Waals surface area contributed by atoms with Crippen LogP contribution in [0, 0.1) is 5.92 Å². The minimum atomic E-state index is -0.707. The van der Waals surface area contributed by atoms with Crippen molar-refractivity contribution in [3.63, 3.8) is 0 Å². The summed E-state index contributed by atoms with van der Waals surface area (Å²) in [5.41, 5.74) is 2.60. The highest BCUT2D eigenvalue weighted by Gasteiger charge is 2.26. The molecular weight excluding hydrogens is 448 g/mol. The van der Waals surface area contributed by atoms with Gasteiger partial charge >= 0.3 is 0 Å². The molecule has 34 heavy (non-hydrogen) atoms. The van der Waals surface area contributed by atoms with Crippen molar-refractivity contribution in [1.29, 1.82) is 0 Å². The normalized spacial score (nSPS) is 11.8. The predicted molar refractivity (Wildman–Crippen MR) is 136 cm³/mol. The fraction of sp³-hybridized carbons (Fsp3) is 0.385. The Hall–Kier alpha value is -3.26. The Morgan fingerprint density at radius 1 is 1.06 bits per heavy atom. The molecule has 0 fully saturated rings. The summed E-state index contributed by atoms with van der Waals surface area (Å²) < 4.78 is 5.25. The smallest absolute Gasteiger partial charge is 0.251 e. The number of hydrogen-bond donors (Lipinski definition) is 2.